The number of carbonyl (C=O) groups is 2. The number of benzene rings is 1. The molecular formula is C18H26N2O4. The molecule has 0 aromatic heterocycles. The van der Waals surface area contributed by atoms with Crippen LogP contribution in [0.4, 0.5) is 5.69 Å². The van der Waals surface area contributed by atoms with Crippen LogP contribution in [-0.2, 0) is 14.3 Å². The fourth-order valence-corrected chi connectivity index (χ4v) is 2.82. The highest BCUT2D eigenvalue weighted by atomic mass is 16.6. The first-order valence-electron chi connectivity index (χ1n) is 8.31. The van der Waals surface area contributed by atoms with Crippen molar-refractivity contribution in [2.75, 3.05) is 38.7 Å². The Labute approximate surface area is 143 Å². The smallest absolute Gasteiger partial charge is 0.343 e. The minimum atomic E-state index is -0.420. The van der Waals surface area contributed by atoms with E-state index in [0.717, 1.165) is 30.8 Å². The lowest BCUT2D eigenvalue weighted by molar-refractivity contribution is -0.142. The molecule has 0 aliphatic carbocycles. The third-order valence-electron chi connectivity index (χ3n) is 4.22. The zero-order valence-electron chi connectivity index (χ0n) is 14.6. The summed E-state index contributed by atoms with van der Waals surface area (Å²) in [6, 6.07) is 5.46. The topological polar surface area (TPSA) is 67.9 Å². The number of likely N-dealkylation sites (tertiary alicyclic amines) is 1. The van der Waals surface area contributed by atoms with Crippen LogP contribution in [0.2, 0.25) is 0 Å². The first-order chi connectivity index (χ1) is 11.5. The zero-order chi connectivity index (χ0) is 17.5. The van der Waals surface area contributed by atoms with E-state index in [4.69, 9.17) is 4.74 Å². The number of esters is 1. The number of nitrogens with one attached hydrogen (secondary N) is 1. The second-order valence-electron chi connectivity index (χ2n) is 6.28. The molecule has 1 aromatic carbocycles. The summed E-state index contributed by atoms with van der Waals surface area (Å²) in [6.07, 6.45) is 2.28. The third kappa shape index (κ3) is 5.15. The van der Waals surface area contributed by atoms with Gasteiger partial charge in [0.25, 0.3) is 0 Å². The standard InChI is InChI=1S/C18H26N2O4/c1-13-5-4-8-20(11-13)17(21)10-19-16-7-6-15(9-14(16)2)24-12-18(22)23-3/h6-7,9,13,19H,4-5,8,10-12H2,1-3H3. The first-order valence-corrected chi connectivity index (χ1v) is 8.31. The number of rotatable bonds is 6. The summed E-state index contributed by atoms with van der Waals surface area (Å²) in [7, 11) is 1.32. The molecule has 1 N–H and O–H groups in total. The van der Waals surface area contributed by atoms with E-state index in [1.165, 1.54) is 13.5 Å². The van der Waals surface area contributed by atoms with Gasteiger partial charge in [-0.3, -0.25) is 4.79 Å². The lowest BCUT2D eigenvalue weighted by Crippen LogP contribution is -2.42. The fourth-order valence-electron chi connectivity index (χ4n) is 2.82. The molecule has 0 saturated carbocycles. The predicted octanol–water partition coefficient (Wildman–Crippen LogP) is 2.22. The summed E-state index contributed by atoms with van der Waals surface area (Å²) in [5.41, 5.74) is 1.84. The van der Waals surface area contributed by atoms with Gasteiger partial charge < -0.3 is 19.7 Å². The monoisotopic (exact) mass is 334 g/mol. The van der Waals surface area contributed by atoms with Crippen molar-refractivity contribution in [3.8, 4) is 5.75 Å². The van der Waals surface area contributed by atoms with Crippen molar-refractivity contribution in [3.05, 3.63) is 23.8 Å². The van der Waals surface area contributed by atoms with Crippen LogP contribution in [0.25, 0.3) is 0 Å². The number of methoxy groups -OCH3 is 1. The van der Waals surface area contributed by atoms with E-state index in [0.29, 0.717) is 11.7 Å². The quantitative estimate of drug-likeness (QED) is 0.808. The number of piperidine rings is 1. The van der Waals surface area contributed by atoms with E-state index >= 15 is 0 Å². The minimum absolute atomic E-state index is 0.117. The minimum Gasteiger partial charge on any atom is -0.482 e. The first kappa shape index (κ1) is 18.1. The Balaban J connectivity index is 1.86. The molecule has 1 fully saturated rings. The third-order valence-corrected chi connectivity index (χ3v) is 4.22. The van der Waals surface area contributed by atoms with Gasteiger partial charge in [-0.15, -0.1) is 0 Å². The van der Waals surface area contributed by atoms with Gasteiger partial charge in [0, 0.05) is 18.8 Å². The van der Waals surface area contributed by atoms with Crippen molar-refractivity contribution in [1.29, 1.82) is 0 Å². The molecule has 1 unspecified atom stereocenters. The summed E-state index contributed by atoms with van der Waals surface area (Å²) in [5.74, 6) is 0.887. The number of hydrogen-bond acceptors (Lipinski definition) is 5. The Kier molecular flexibility index (Phi) is 6.46. The van der Waals surface area contributed by atoms with Crippen LogP contribution in [-0.4, -0.2) is 50.1 Å². The van der Waals surface area contributed by atoms with Gasteiger partial charge in [-0.25, -0.2) is 4.79 Å². The molecule has 0 bridgehead atoms. The van der Waals surface area contributed by atoms with E-state index in [1.807, 2.05) is 24.0 Å². The SMILES string of the molecule is COC(=O)COc1ccc(NCC(=O)N2CCCC(C)C2)c(C)c1. The van der Waals surface area contributed by atoms with Gasteiger partial charge >= 0.3 is 5.97 Å². The summed E-state index contributed by atoms with van der Waals surface area (Å²) >= 11 is 0. The van der Waals surface area contributed by atoms with Crippen LogP contribution in [0.15, 0.2) is 18.2 Å². The number of nitrogens with zero attached hydrogens (tertiary/aromatic N) is 1. The molecule has 1 aliphatic heterocycles. The summed E-state index contributed by atoms with van der Waals surface area (Å²) in [6.45, 7) is 5.99. The van der Waals surface area contributed by atoms with Gasteiger partial charge in [0.2, 0.25) is 5.91 Å². The van der Waals surface area contributed by atoms with Gasteiger partial charge in [0.1, 0.15) is 5.75 Å². The molecule has 24 heavy (non-hydrogen) atoms. The van der Waals surface area contributed by atoms with Gasteiger partial charge in [-0.1, -0.05) is 6.92 Å². The van der Waals surface area contributed by atoms with E-state index < -0.39 is 5.97 Å². The molecule has 0 spiro atoms. The van der Waals surface area contributed by atoms with Gasteiger partial charge in [0.05, 0.1) is 13.7 Å². The van der Waals surface area contributed by atoms with Crippen molar-refractivity contribution in [1.82, 2.24) is 4.90 Å². The normalized spacial score (nSPS) is 17.3. The van der Waals surface area contributed by atoms with Crippen molar-refractivity contribution in [3.63, 3.8) is 0 Å². The molecule has 1 saturated heterocycles. The molecule has 2 rings (SSSR count). The molecule has 1 aliphatic rings. The Hall–Kier alpha value is -2.24. The van der Waals surface area contributed by atoms with Crippen LogP contribution in [0.1, 0.15) is 25.3 Å². The maximum atomic E-state index is 12.3. The van der Waals surface area contributed by atoms with Crippen molar-refractivity contribution in [2.45, 2.75) is 26.7 Å². The number of carbonyl (C=O) groups excluding carboxylic acids is 2. The van der Waals surface area contributed by atoms with E-state index in [1.54, 1.807) is 6.07 Å². The largest absolute Gasteiger partial charge is 0.482 e. The van der Waals surface area contributed by atoms with Crippen molar-refractivity contribution >= 4 is 17.6 Å². The van der Waals surface area contributed by atoms with Crippen molar-refractivity contribution in [2.24, 2.45) is 5.92 Å². The molecule has 132 valence electrons. The number of hydrogen-bond donors (Lipinski definition) is 1. The van der Waals surface area contributed by atoms with Gasteiger partial charge in [0.15, 0.2) is 6.61 Å². The van der Waals surface area contributed by atoms with E-state index in [9.17, 15) is 9.59 Å². The highest BCUT2D eigenvalue weighted by Crippen LogP contribution is 2.22. The summed E-state index contributed by atoms with van der Waals surface area (Å²) in [5, 5.41) is 3.19. The average molecular weight is 334 g/mol. The van der Waals surface area contributed by atoms with E-state index in [-0.39, 0.29) is 19.1 Å². The molecule has 0 radical (unpaired) electrons. The molecular weight excluding hydrogens is 308 g/mol. The molecule has 6 heteroatoms. The maximum absolute atomic E-state index is 12.3. The summed E-state index contributed by atoms with van der Waals surface area (Å²) in [4.78, 5) is 25.3. The Morgan fingerprint density at radius 3 is 2.83 bits per heavy atom. The van der Waals surface area contributed by atoms with Crippen LogP contribution >= 0.6 is 0 Å². The number of aryl methyl sites for hydroxylation is 1. The van der Waals surface area contributed by atoms with Crippen LogP contribution in [0.5, 0.6) is 5.75 Å². The lowest BCUT2D eigenvalue weighted by atomic mass is 10.0. The lowest BCUT2D eigenvalue weighted by Gasteiger charge is -2.31. The summed E-state index contributed by atoms with van der Waals surface area (Å²) < 4.78 is 9.89. The number of amides is 1. The number of anilines is 1. The molecule has 1 aromatic rings. The van der Waals surface area contributed by atoms with Gasteiger partial charge in [-0.2, -0.15) is 0 Å². The predicted molar refractivity (Wildman–Crippen MR) is 92.2 cm³/mol. The van der Waals surface area contributed by atoms with Gasteiger partial charge in [-0.05, 0) is 49.4 Å². The highest BCUT2D eigenvalue weighted by Gasteiger charge is 2.20. The average Bonchev–Trinajstić information content (AvgIpc) is 2.58. The molecule has 6 nitrogen and oxygen atoms in total. The van der Waals surface area contributed by atoms with Crippen LogP contribution < -0.4 is 10.1 Å². The van der Waals surface area contributed by atoms with Crippen LogP contribution in [0, 0.1) is 12.8 Å². The molecule has 1 amide bonds. The van der Waals surface area contributed by atoms with E-state index in [2.05, 4.69) is 17.0 Å². The Bertz CT molecular complexity index is 588. The highest BCUT2D eigenvalue weighted by molar-refractivity contribution is 5.81. The second-order valence-corrected chi connectivity index (χ2v) is 6.28. The Morgan fingerprint density at radius 1 is 1.38 bits per heavy atom. The fraction of sp³-hybridized carbons (Fsp3) is 0.556. The van der Waals surface area contributed by atoms with Crippen molar-refractivity contribution < 1.29 is 19.1 Å². The Morgan fingerprint density at radius 2 is 2.17 bits per heavy atom. The zero-order valence-corrected chi connectivity index (χ0v) is 14.6. The van der Waals surface area contributed by atoms with Crippen LogP contribution in [0.3, 0.4) is 0 Å². The molecule has 1 atom stereocenters. The number of ether oxygens (including phenoxy) is 2. The maximum Gasteiger partial charge on any atom is 0.343 e. The second kappa shape index (κ2) is 8.57. The molecule has 1 heterocycles.